The summed E-state index contributed by atoms with van der Waals surface area (Å²) in [5, 5.41) is 6.33. The van der Waals surface area contributed by atoms with E-state index in [1.54, 1.807) is 7.11 Å². The van der Waals surface area contributed by atoms with Crippen LogP contribution in [0.25, 0.3) is 0 Å². The van der Waals surface area contributed by atoms with Gasteiger partial charge in [0.15, 0.2) is 0 Å². The van der Waals surface area contributed by atoms with Gasteiger partial charge in [0.2, 0.25) is 5.91 Å². The molecular formula is C20H28Cl2N4O2. The quantitative estimate of drug-likeness (QED) is 0.657. The molecule has 0 bridgehead atoms. The van der Waals surface area contributed by atoms with Crippen LogP contribution >= 0.6 is 24.8 Å². The third-order valence-electron chi connectivity index (χ3n) is 4.86. The topological polar surface area (TPSA) is 89.3 Å². The van der Waals surface area contributed by atoms with Crippen molar-refractivity contribution >= 4 is 30.7 Å². The molecule has 2 aromatic rings. The van der Waals surface area contributed by atoms with Gasteiger partial charge >= 0.3 is 0 Å². The van der Waals surface area contributed by atoms with Crippen molar-refractivity contribution in [3.05, 3.63) is 58.4 Å². The molecule has 0 aliphatic carbocycles. The van der Waals surface area contributed by atoms with Crippen molar-refractivity contribution in [2.75, 3.05) is 13.7 Å². The van der Waals surface area contributed by atoms with E-state index in [0.717, 1.165) is 42.1 Å². The van der Waals surface area contributed by atoms with Crippen LogP contribution < -0.4 is 21.1 Å². The summed E-state index contributed by atoms with van der Waals surface area (Å²) in [5.41, 5.74) is 11.7. The molecule has 1 aliphatic rings. The fourth-order valence-electron chi connectivity index (χ4n) is 3.29. The third-order valence-corrected chi connectivity index (χ3v) is 4.86. The summed E-state index contributed by atoms with van der Waals surface area (Å²) in [6.45, 7) is 4.24. The van der Waals surface area contributed by atoms with Crippen LogP contribution in [0.3, 0.4) is 0 Å². The lowest BCUT2D eigenvalue weighted by Crippen LogP contribution is -2.42. The number of benzene rings is 1. The smallest absolute Gasteiger partial charge is 0.237 e. The van der Waals surface area contributed by atoms with E-state index >= 15 is 0 Å². The summed E-state index contributed by atoms with van der Waals surface area (Å²) in [4.78, 5) is 16.9. The first-order valence-corrected chi connectivity index (χ1v) is 8.91. The molecule has 0 radical (unpaired) electrons. The van der Waals surface area contributed by atoms with Crippen LogP contribution in [-0.2, 0) is 30.7 Å². The predicted octanol–water partition coefficient (Wildman–Crippen LogP) is 2.07. The van der Waals surface area contributed by atoms with Crippen LogP contribution in [-0.4, -0.2) is 30.6 Å². The highest BCUT2D eigenvalue weighted by Gasteiger charge is 2.18. The molecular weight excluding hydrogens is 399 g/mol. The largest absolute Gasteiger partial charge is 0.497 e. The van der Waals surface area contributed by atoms with E-state index in [9.17, 15) is 4.79 Å². The Bertz CT molecular complexity index is 785. The zero-order chi connectivity index (χ0) is 18.5. The van der Waals surface area contributed by atoms with E-state index in [4.69, 9.17) is 10.5 Å². The molecule has 1 atom stereocenters. The van der Waals surface area contributed by atoms with Crippen molar-refractivity contribution in [1.29, 1.82) is 0 Å². The molecule has 1 aromatic carbocycles. The van der Waals surface area contributed by atoms with E-state index in [1.165, 1.54) is 11.1 Å². The second-order valence-corrected chi connectivity index (χ2v) is 6.63. The van der Waals surface area contributed by atoms with E-state index in [-0.39, 0.29) is 30.7 Å². The Kier molecular flexibility index (Phi) is 9.69. The molecule has 0 fully saturated rings. The molecule has 1 amide bonds. The minimum absolute atomic E-state index is 0. The number of halogens is 2. The Morgan fingerprint density at radius 2 is 2.04 bits per heavy atom. The van der Waals surface area contributed by atoms with Gasteiger partial charge < -0.3 is 21.1 Å². The monoisotopic (exact) mass is 426 g/mol. The Morgan fingerprint density at radius 1 is 1.32 bits per heavy atom. The van der Waals surface area contributed by atoms with E-state index in [0.29, 0.717) is 13.0 Å². The Hall–Kier alpha value is -1.86. The molecule has 8 heteroatoms. The zero-order valence-corrected chi connectivity index (χ0v) is 17.8. The Morgan fingerprint density at radius 3 is 2.71 bits per heavy atom. The third kappa shape index (κ3) is 5.82. The first-order chi connectivity index (χ1) is 12.6. The van der Waals surface area contributed by atoms with Gasteiger partial charge in [0.1, 0.15) is 5.75 Å². The van der Waals surface area contributed by atoms with Crippen LogP contribution in [0.4, 0.5) is 0 Å². The summed E-state index contributed by atoms with van der Waals surface area (Å²) >= 11 is 0. The number of aromatic nitrogens is 1. The van der Waals surface area contributed by atoms with Crippen LogP contribution in [0.5, 0.6) is 5.75 Å². The minimum atomic E-state index is -0.585. The maximum atomic E-state index is 12.4. The van der Waals surface area contributed by atoms with Gasteiger partial charge in [-0.2, -0.15) is 0 Å². The van der Waals surface area contributed by atoms with Gasteiger partial charge in [-0.1, -0.05) is 12.1 Å². The maximum absolute atomic E-state index is 12.4. The van der Waals surface area contributed by atoms with Crippen LogP contribution in [0.2, 0.25) is 0 Å². The normalized spacial score (nSPS) is 13.4. The van der Waals surface area contributed by atoms with Crippen molar-refractivity contribution < 1.29 is 9.53 Å². The molecule has 3 rings (SSSR count). The number of nitrogens with two attached hydrogens (primary N) is 1. The van der Waals surface area contributed by atoms with E-state index < -0.39 is 6.04 Å². The van der Waals surface area contributed by atoms with Crippen molar-refractivity contribution in [2.24, 2.45) is 5.73 Å². The van der Waals surface area contributed by atoms with Gasteiger partial charge in [0.05, 0.1) is 13.2 Å². The summed E-state index contributed by atoms with van der Waals surface area (Å²) in [5.74, 6) is 0.643. The average Bonchev–Trinajstić information content (AvgIpc) is 2.67. The summed E-state index contributed by atoms with van der Waals surface area (Å²) in [6.07, 6.45) is 3.38. The first kappa shape index (κ1) is 24.2. The molecule has 0 saturated heterocycles. The number of fused-ring (bicyclic) bond motifs is 1. The molecule has 0 saturated carbocycles. The SMILES string of the molecule is COc1ccc(C[C@H](N)C(=O)NCc2c(C)ncc3c2CCNC3)cc1.Cl.Cl. The number of nitrogens with one attached hydrogen (secondary N) is 2. The van der Waals surface area contributed by atoms with Gasteiger partial charge in [0.25, 0.3) is 0 Å². The number of aryl methyl sites for hydroxylation is 1. The van der Waals surface area contributed by atoms with Crippen molar-refractivity contribution in [2.45, 2.75) is 38.9 Å². The number of nitrogens with zero attached hydrogens (tertiary/aromatic N) is 1. The van der Waals surface area contributed by atoms with Crippen molar-refractivity contribution in [3.8, 4) is 5.75 Å². The highest BCUT2D eigenvalue weighted by atomic mass is 35.5. The molecule has 1 aromatic heterocycles. The van der Waals surface area contributed by atoms with Crippen LogP contribution in [0.1, 0.15) is 27.9 Å². The standard InChI is InChI=1S/C20H26N4O2.2ClH/c1-13-18(17-7-8-22-10-15(17)11-23-13)12-24-20(25)19(21)9-14-3-5-16(26-2)6-4-14;;/h3-6,11,19,22H,7-10,12,21H2,1-2H3,(H,24,25);2*1H/t19-;;/m0../s1. The van der Waals surface area contributed by atoms with Crippen molar-refractivity contribution in [1.82, 2.24) is 15.6 Å². The van der Waals surface area contributed by atoms with Crippen molar-refractivity contribution in [3.63, 3.8) is 0 Å². The van der Waals surface area contributed by atoms with E-state index in [1.807, 2.05) is 37.4 Å². The number of carbonyl (C=O) groups is 1. The number of rotatable bonds is 6. The number of carbonyl (C=O) groups excluding carboxylic acids is 1. The molecule has 2 heterocycles. The average molecular weight is 427 g/mol. The highest BCUT2D eigenvalue weighted by Crippen LogP contribution is 2.20. The fraction of sp³-hybridized carbons (Fsp3) is 0.400. The summed E-state index contributed by atoms with van der Waals surface area (Å²) < 4.78 is 5.14. The predicted molar refractivity (Wildman–Crippen MR) is 115 cm³/mol. The molecule has 28 heavy (non-hydrogen) atoms. The minimum Gasteiger partial charge on any atom is -0.497 e. The van der Waals surface area contributed by atoms with Crippen LogP contribution in [0.15, 0.2) is 30.5 Å². The van der Waals surface area contributed by atoms with Gasteiger partial charge in [-0.05, 0) is 60.7 Å². The molecule has 0 spiro atoms. The Balaban J connectivity index is 0.00000196. The van der Waals surface area contributed by atoms with E-state index in [2.05, 4.69) is 15.6 Å². The molecule has 154 valence electrons. The van der Waals surface area contributed by atoms with Gasteiger partial charge in [-0.15, -0.1) is 24.8 Å². The molecule has 6 nitrogen and oxygen atoms in total. The maximum Gasteiger partial charge on any atom is 0.237 e. The lowest BCUT2D eigenvalue weighted by Gasteiger charge is -2.22. The lowest BCUT2D eigenvalue weighted by atomic mass is 9.96. The number of methoxy groups -OCH3 is 1. The first-order valence-electron chi connectivity index (χ1n) is 8.91. The fourth-order valence-corrected chi connectivity index (χ4v) is 3.29. The second-order valence-electron chi connectivity index (χ2n) is 6.63. The van der Waals surface area contributed by atoms with Gasteiger partial charge in [-0.25, -0.2) is 0 Å². The second kappa shape index (κ2) is 11.2. The number of hydrogen-bond donors (Lipinski definition) is 3. The number of pyridine rings is 1. The lowest BCUT2D eigenvalue weighted by molar-refractivity contribution is -0.122. The number of hydrogen-bond acceptors (Lipinski definition) is 5. The van der Waals surface area contributed by atoms with Gasteiger partial charge in [0, 0.05) is 25.0 Å². The number of ether oxygens (including phenoxy) is 1. The Labute approximate surface area is 178 Å². The zero-order valence-electron chi connectivity index (χ0n) is 16.2. The molecule has 4 N–H and O–H groups in total. The summed E-state index contributed by atoms with van der Waals surface area (Å²) in [6, 6.07) is 7.03. The summed E-state index contributed by atoms with van der Waals surface area (Å²) in [7, 11) is 1.63. The molecule has 0 unspecified atom stereocenters. The highest BCUT2D eigenvalue weighted by molar-refractivity contribution is 5.85. The molecule has 1 aliphatic heterocycles. The van der Waals surface area contributed by atoms with Gasteiger partial charge in [-0.3, -0.25) is 9.78 Å². The van der Waals surface area contributed by atoms with Crippen LogP contribution in [0, 0.1) is 6.92 Å². The number of amides is 1.